The number of hydrogen-bond acceptors (Lipinski definition) is 5. The number of hydrogen-bond donors (Lipinski definition) is 1. The summed E-state index contributed by atoms with van der Waals surface area (Å²) < 4.78 is 0. The van der Waals surface area contributed by atoms with Crippen molar-refractivity contribution in [3.63, 3.8) is 0 Å². The number of aromatic nitrogens is 2. The predicted octanol–water partition coefficient (Wildman–Crippen LogP) is 11.9. The quantitative estimate of drug-likeness (QED) is 0.0886. The van der Waals surface area contributed by atoms with Crippen LogP contribution in [-0.4, -0.2) is 9.97 Å². The zero-order valence-corrected chi connectivity index (χ0v) is 40.8. The molecule has 0 saturated carbocycles. The smallest absolute Gasteiger partial charge is 0.0987 e. The molecule has 11 rings (SSSR count). The Balaban J connectivity index is 0.000000165. The van der Waals surface area contributed by atoms with Crippen molar-refractivity contribution in [1.29, 1.82) is 0 Å². The fraction of sp³-hybridized carbons (Fsp3) is 0.0175. The summed E-state index contributed by atoms with van der Waals surface area (Å²) in [5, 5.41) is 6.76. The van der Waals surface area contributed by atoms with Crippen LogP contribution in [0.2, 0.25) is 0 Å². The van der Waals surface area contributed by atoms with Gasteiger partial charge in [0.1, 0.15) is 0 Å². The van der Waals surface area contributed by atoms with E-state index in [9.17, 15) is 0 Å². The molecule has 0 aliphatic heterocycles. The number of nitrogens with zero attached hydrogens (tertiary/aromatic N) is 2. The van der Waals surface area contributed by atoms with Crippen molar-refractivity contribution < 1.29 is 20.1 Å². The van der Waals surface area contributed by atoms with E-state index in [0.29, 0.717) is 0 Å². The van der Waals surface area contributed by atoms with Crippen LogP contribution in [0.15, 0.2) is 243 Å². The summed E-state index contributed by atoms with van der Waals surface area (Å²) in [6.45, 7) is -4.70. The summed E-state index contributed by atoms with van der Waals surface area (Å²) in [6, 6.07) is 88.2. The van der Waals surface area contributed by atoms with Gasteiger partial charge >= 0.3 is 0 Å². The van der Waals surface area contributed by atoms with Gasteiger partial charge in [0.2, 0.25) is 0 Å². The topological polar surface area (TPSA) is 37.8 Å². The molecule has 8 heteroatoms. The van der Waals surface area contributed by atoms with Gasteiger partial charge in [-0.25, -0.2) is 0 Å². The number of nitrogens with one attached hydrogen (secondary N) is 1. The third-order valence-electron chi connectivity index (χ3n) is 11.8. The molecule has 65 heavy (non-hydrogen) atoms. The Hall–Kier alpha value is -5.51. The first kappa shape index (κ1) is 44.7. The van der Waals surface area contributed by atoms with E-state index in [1.807, 2.05) is 60.8 Å². The summed E-state index contributed by atoms with van der Waals surface area (Å²) in [7, 11) is 0. The normalized spacial score (nSPS) is 14.0. The number of benzene rings is 8. The monoisotopic (exact) mass is 1090 g/mol. The Morgan fingerprint density at radius 1 is 0.462 bits per heavy atom. The second-order valence-corrected chi connectivity index (χ2v) is 24.1. The van der Waals surface area contributed by atoms with Crippen molar-refractivity contribution in [2.45, 2.75) is 5.41 Å². The molecule has 317 valence electrons. The van der Waals surface area contributed by atoms with Gasteiger partial charge in [0.05, 0.1) is 45.6 Å². The van der Waals surface area contributed by atoms with Gasteiger partial charge in [0.25, 0.3) is 0 Å². The Morgan fingerprint density at radius 3 is 1.54 bits per heavy atom. The zero-order chi connectivity index (χ0) is 43.4. The molecule has 0 spiro atoms. The second kappa shape index (κ2) is 19.5. The second-order valence-electron chi connectivity index (χ2n) is 15.5. The van der Waals surface area contributed by atoms with Gasteiger partial charge in [0, 0.05) is 32.0 Å². The molecule has 10 aromatic rings. The zero-order valence-electron chi connectivity index (χ0n) is 35.0. The fourth-order valence-corrected chi connectivity index (χ4v) is 19.3. The molecular weight excluding hydrogens is 1040 g/mol. The van der Waals surface area contributed by atoms with Crippen LogP contribution in [0.1, 0.15) is 22.5 Å². The summed E-state index contributed by atoms with van der Waals surface area (Å²) in [5.41, 5.74) is 7.76. The van der Waals surface area contributed by atoms with Crippen LogP contribution < -0.4 is 26.1 Å². The van der Waals surface area contributed by atoms with E-state index in [-0.39, 0.29) is 20.1 Å². The minimum absolute atomic E-state index is 0. The van der Waals surface area contributed by atoms with Crippen LogP contribution in [-0.2, 0) is 50.0 Å². The van der Waals surface area contributed by atoms with Crippen molar-refractivity contribution in [3.8, 4) is 22.4 Å². The van der Waals surface area contributed by atoms with Crippen LogP contribution in [0.3, 0.4) is 0 Å². The molecule has 3 nitrogen and oxygen atoms in total. The van der Waals surface area contributed by atoms with Crippen molar-refractivity contribution >= 4 is 69.7 Å². The van der Waals surface area contributed by atoms with Crippen molar-refractivity contribution in [2.75, 3.05) is 0 Å². The standard InChI is InChI=1S/C33H20N2.C24H21NP2S2.Ir/c1-2-12-23(13-3-1)32-25-15-5-4-14-24(25)22-31(35-32)33(30-20-10-11-21-34-30)28-18-8-6-16-26(28)27-17-7-9-19-29(27)33;28-26(21-13-5-1-6-14-21,22-15-7-2-8-16-22)25-27(29,23-17-9-3-10-18-23)24-19-11-4-12-20-24;/h1-12,14-18,20-22H;1-20H,(H,25,28,29);/q-2;;/t33-;;/m0../s1. The van der Waals surface area contributed by atoms with E-state index in [1.165, 1.54) is 16.7 Å². The first-order valence-corrected chi connectivity index (χ1v) is 26.7. The van der Waals surface area contributed by atoms with Crippen LogP contribution in [0.25, 0.3) is 33.2 Å². The summed E-state index contributed by atoms with van der Waals surface area (Å²) >= 11 is 12.9. The predicted molar refractivity (Wildman–Crippen MR) is 276 cm³/mol. The van der Waals surface area contributed by atoms with Gasteiger partial charge in [-0.05, 0) is 88.8 Å². The molecule has 2 heterocycles. The molecule has 0 bridgehead atoms. The van der Waals surface area contributed by atoms with Crippen LogP contribution >= 0.6 is 13.2 Å². The first-order valence-electron chi connectivity index (χ1n) is 21.1. The van der Waals surface area contributed by atoms with Crippen LogP contribution in [0.5, 0.6) is 0 Å². The van der Waals surface area contributed by atoms with E-state index in [4.69, 9.17) is 34.5 Å². The van der Waals surface area contributed by atoms with Gasteiger partial charge in [-0.15, -0.1) is 47.0 Å². The summed E-state index contributed by atoms with van der Waals surface area (Å²) in [4.78, 5) is 14.3. The third kappa shape index (κ3) is 8.35. The Bertz CT molecular complexity index is 2960. The number of fused-ring (bicyclic) bond motifs is 4. The van der Waals surface area contributed by atoms with Crippen molar-refractivity contribution in [3.05, 3.63) is 277 Å². The molecule has 2 aromatic heterocycles. The molecule has 8 aromatic carbocycles. The van der Waals surface area contributed by atoms with Gasteiger partial charge in [-0.1, -0.05) is 138 Å². The number of rotatable bonds is 9. The summed E-state index contributed by atoms with van der Waals surface area (Å²) in [6.07, 6.45) is 1.87. The van der Waals surface area contributed by atoms with E-state index >= 15 is 0 Å². The van der Waals surface area contributed by atoms with Gasteiger partial charge < -0.3 is 24.5 Å². The SMILES string of the molecule is [Ir].[S-][P+](N[P+]([S-])(c1ccccc1)c1ccccc1)(c1ccccc1)c1ccccc1.[c-]1ccccc1-c1nc([C@]2(c3ccccn3)c3[c-]cccc3-c3ccccc32)cc2ccccc12. The molecular formula is C57H41IrN3P2S2-2. The van der Waals surface area contributed by atoms with Crippen LogP contribution in [0, 0.1) is 12.1 Å². The molecule has 1 aliphatic carbocycles. The molecule has 0 fully saturated rings. The van der Waals surface area contributed by atoms with Gasteiger partial charge in [0.15, 0.2) is 0 Å². The van der Waals surface area contributed by atoms with Crippen LogP contribution in [0.4, 0.5) is 0 Å². The van der Waals surface area contributed by atoms with Crippen molar-refractivity contribution in [2.24, 2.45) is 0 Å². The largest absolute Gasteiger partial charge is 0.523 e. The Kier molecular flexibility index (Phi) is 13.4. The van der Waals surface area contributed by atoms with E-state index in [1.54, 1.807) is 0 Å². The summed E-state index contributed by atoms with van der Waals surface area (Å²) in [5.74, 6) is 0. The molecule has 1 atom stereocenters. The molecule has 1 aliphatic rings. The minimum Gasteiger partial charge on any atom is -0.523 e. The van der Waals surface area contributed by atoms with Gasteiger partial charge in [-0.2, -0.15) is 24.3 Å². The Morgan fingerprint density at radius 2 is 0.969 bits per heavy atom. The fourth-order valence-electron chi connectivity index (χ4n) is 8.82. The van der Waals surface area contributed by atoms with E-state index < -0.39 is 18.6 Å². The maximum Gasteiger partial charge on any atom is 0.0987 e. The first-order chi connectivity index (χ1) is 31.5. The molecule has 0 amide bonds. The number of pyridine rings is 2. The molecule has 0 unspecified atom stereocenters. The van der Waals surface area contributed by atoms with Crippen molar-refractivity contribution in [1.82, 2.24) is 14.8 Å². The Labute approximate surface area is 406 Å². The maximum absolute atomic E-state index is 6.44. The molecule has 1 N–H and O–H groups in total. The maximum atomic E-state index is 6.44. The van der Waals surface area contributed by atoms with Gasteiger partial charge in [-0.3, -0.25) is 9.97 Å². The average molecular weight is 1090 g/mol. The molecule has 0 saturated heterocycles. The average Bonchev–Trinajstić information content (AvgIpc) is 3.69. The molecule has 1 radical (unpaired) electrons. The van der Waals surface area contributed by atoms with E-state index in [0.717, 1.165) is 60.2 Å². The van der Waals surface area contributed by atoms with E-state index in [2.05, 4.69) is 199 Å². The minimum atomic E-state index is -2.35. The third-order valence-corrected chi connectivity index (χ3v) is 22.1.